The number of carbonyl (C=O) groups excluding carboxylic acids is 5. The van der Waals surface area contributed by atoms with Crippen molar-refractivity contribution < 1.29 is 28.7 Å². The fourth-order valence-electron chi connectivity index (χ4n) is 4.36. The van der Waals surface area contributed by atoms with Crippen LogP contribution in [0, 0.1) is 6.92 Å². The number of rotatable bonds is 5. The van der Waals surface area contributed by atoms with Crippen LogP contribution in [0.4, 0.5) is 10.5 Å². The monoisotopic (exact) mass is 477 g/mol. The molecule has 4 rings (SSSR count). The highest BCUT2D eigenvalue weighted by Gasteiger charge is 2.38. The summed E-state index contributed by atoms with van der Waals surface area (Å²) in [6.07, 6.45) is 3.70. The van der Waals surface area contributed by atoms with Crippen LogP contribution in [-0.2, 0) is 9.53 Å². The zero-order valence-electron chi connectivity index (χ0n) is 19.6. The van der Waals surface area contributed by atoms with Gasteiger partial charge in [0.15, 0.2) is 6.10 Å². The Bertz CT molecular complexity index is 1200. The van der Waals surface area contributed by atoms with Crippen LogP contribution in [-0.4, -0.2) is 41.9 Å². The number of benzene rings is 2. The van der Waals surface area contributed by atoms with Gasteiger partial charge in [-0.3, -0.25) is 19.7 Å². The first-order valence-corrected chi connectivity index (χ1v) is 11.7. The molecule has 2 aromatic carbocycles. The minimum atomic E-state index is -1.24. The van der Waals surface area contributed by atoms with Crippen molar-refractivity contribution in [1.29, 1.82) is 0 Å². The number of urea groups is 1. The number of hydrogen-bond donors (Lipinski definition) is 2. The molecule has 0 bridgehead atoms. The van der Waals surface area contributed by atoms with E-state index in [4.69, 9.17) is 4.74 Å². The molecule has 35 heavy (non-hydrogen) atoms. The molecule has 1 atom stereocenters. The lowest BCUT2D eigenvalue weighted by molar-refractivity contribution is -0.127. The number of carbonyl (C=O) groups is 5. The molecule has 1 fully saturated rings. The van der Waals surface area contributed by atoms with Crippen molar-refractivity contribution in [1.82, 2.24) is 10.6 Å². The van der Waals surface area contributed by atoms with Gasteiger partial charge in [-0.05, 0) is 56.5 Å². The van der Waals surface area contributed by atoms with Gasteiger partial charge < -0.3 is 10.1 Å². The number of nitrogens with one attached hydrogen (secondary N) is 2. The third-order valence-electron chi connectivity index (χ3n) is 6.31. The summed E-state index contributed by atoms with van der Waals surface area (Å²) < 4.78 is 5.20. The molecule has 5 amide bonds. The smallest absolute Gasteiger partial charge is 0.338 e. The average molecular weight is 478 g/mol. The van der Waals surface area contributed by atoms with Crippen molar-refractivity contribution in [3.8, 4) is 0 Å². The first-order chi connectivity index (χ1) is 16.8. The molecule has 2 N–H and O–H groups in total. The summed E-state index contributed by atoms with van der Waals surface area (Å²) in [5, 5.41) is 4.96. The minimum Gasteiger partial charge on any atom is -0.449 e. The van der Waals surface area contributed by atoms with Crippen LogP contribution in [0.25, 0.3) is 0 Å². The molecule has 0 saturated heterocycles. The van der Waals surface area contributed by atoms with Crippen molar-refractivity contribution >= 4 is 35.4 Å². The van der Waals surface area contributed by atoms with Gasteiger partial charge in [0.05, 0.1) is 22.4 Å². The highest BCUT2D eigenvalue weighted by atomic mass is 16.5. The Balaban J connectivity index is 1.40. The second-order valence-electron chi connectivity index (χ2n) is 8.84. The maximum absolute atomic E-state index is 13.0. The van der Waals surface area contributed by atoms with Gasteiger partial charge in [0.25, 0.3) is 17.7 Å². The number of imide groups is 2. The Morgan fingerprint density at radius 2 is 1.66 bits per heavy atom. The predicted molar refractivity (Wildman–Crippen MR) is 127 cm³/mol. The third-order valence-corrected chi connectivity index (χ3v) is 6.31. The Morgan fingerprint density at radius 1 is 0.971 bits per heavy atom. The number of para-hydroxylation sites is 1. The van der Waals surface area contributed by atoms with Gasteiger partial charge in [-0.15, -0.1) is 0 Å². The molecule has 1 heterocycles. The van der Waals surface area contributed by atoms with Crippen molar-refractivity contribution in [3.05, 3.63) is 64.7 Å². The Hall–Kier alpha value is -4.01. The van der Waals surface area contributed by atoms with Crippen molar-refractivity contribution in [2.45, 2.75) is 58.1 Å². The number of ether oxygens (including phenoxy) is 1. The first kappa shape index (κ1) is 24.1. The standard InChI is InChI=1S/C26H27N3O6/c1-15-8-6-7-11-21(15)29-23(31)19-13-12-17(14-20(19)24(29)32)25(33)35-16(2)22(30)28-26(34)27-18-9-4-3-5-10-18/h6-8,11-14,16,18H,3-5,9-10H2,1-2H3,(H2,27,28,30,34)/t16-/m0/s1. The lowest BCUT2D eigenvalue weighted by atomic mass is 9.96. The van der Waals surface area contributed by atoms with E-state index in [1.165, 1.54) is 25.1 Å². The number of anilines is 1. The number of amides is 5. The van der Waals surface area contributed by atoms with Gasteiger partial charge in [0, 0.05) is 6.04 Å². The largest absolute Gasteiger partial charge is 0.449 e. The lowest BCUT2D eigenvalue weighted by Crippen LogP contribution is -2.48. The molecular formula is C26H27N3O6. The molecule has 1 saturated carbocycles. The second-order valence-corrected chi connectivity index (χ2v) is 8.84. The molecule has 182 valence electrons. The quantitative estimate of drug-likeness (QED) is 0.502. The summed E-state index contributed by atoms with van der Waals surface area (Å²) >= 11 is 0. The Labute approximate surface area is 202 Å². The summed E-state index contributed by atoms with van der Waals surface area (Å²) in [5.74, 6) is -2.63. The molecule has 0 unspecified atom stereocenters. The normalized spacial score (nSPS) is 16.5. The van der Waals surface area contributed by atoms with Crippen molar-refractivity contribution in [2.24, 2.45) is 0 Å². The minimum absolute atomic E-state index is 0.0165. The number of nitrogens with zero attached hydrogens (tertiary/aromatic N) is 1. The Kier molecular flexibility index (Phi) is 6.95. The van der Waals surface area contributed by atoms with Crippen LogP contribution in [0.5, 0.6) is 0 Å². The van der Waals surface area contributed by atoms with E-state index in [-0.39, 0.29) is 22.7 Å². The van der Waals surface area contributed by atoms with Crippen LogP contribution in [0.1, 0.15) is 75.7 Å². The van der Waals surface area contributed by atoms with Crippen molar-refractivity contribution in [2.75, 3.05) is 4.90 Å². The molecule has 1 aliphatic carbocycles. The van der Waals surface area contributed by atoms with E-state index in [9.17, 15) is 24.0 Å². The van der Waals surface area contributed by atoms with Gasteiger partial charge in [0.2, 0.25) is 0 Å². The highest BCUT2D eigenvalue weighted by molar-refractivity contribution is 6.35. The van der Waals surface area contributed by atoms with Gasteiger partial charge in [-0.2, -0.15) is 0 Å². The van der Waals surface area contributed by atoms with Gasteiger partial charge >= 0.3 is 12.0 Å². The number of esters is 1. The van der Waals surface area contributed by atoms with Gasteiger partial charge in [0.1, 0.15) is 0 Å². The fourth-order valence-corrected chi connectivity index (χ4v) is 4.36. The fraction of sp³-hybridized carbons (Fsp3) is 0.346. The van der Waals surface area contributed by atoms with Gasteiger partial charge in [-0.25, -0.2) is 14.5 Å². The topological polar surface area (TPSA) is 122 Å². The number of aryl methyl sites for hydroxylation is 1. The van der Waals surface area contributed by atoms with Crippen LogP contribution in [0.15, 0.2) is 42.5 Å². The summed E-state index contributed by atoms with van der Waals surface area (Å²) in [5.41, 5.74) is 1.51. The second kappa shape index (κ2) is 10.1. The molecule has 0 radical (unpaired) electrons. The number of hydrogen-bond acceptors (Lipinski definition) is 6. The molecular weight excluding hydrogens is 450 g/mol. The molecule has 0 spiro atoms. The Morgan fingerprint density at radius 3 is 2.37 bits per heavy atom. The van der Waals surface area contributed by atoms with Crippen LogP contribution < -0.4 is 15.5 Å². The summed E-state index contributed by atoms with van der Waals surface area (Å²) in [6, 6.07) is 10.5. The van der Waals surface area contributed by atoms with Crippen LogP contribution >= 0.6 is 0 Å². The summed E-state index contributed by atoms with van der Waals surface area (Å²) in [6.45, 7) is 3.15. The van der Waals surface area contributed by atoms with Crippen molar-refractivity contribution in [3.63, 3.8) is 0 Å². The van der Waals surface area contributed by atoms with E-state index in [0.29, 0.717) is 5.69 Å². The SMILES string of the molecule is Cc1ccccc1N1C(=O)c2ccc(C(=O)O[C@@H](C)C(=O)NC(=O)NC3CCCCC3)cc2C1=O. The van der Waals surface area contributed by atoms with E-state index in [1.54, 1.807) is 25.1 Å². The molecule has 2 aromatic rings. The zero-order valence-corrected chi connectivity index (χ0v) is 19.6. The van der Waals surface area contributed by atoms with E-state index >= 15 is 0 Å². The van der Waals surface area contributed by atoms with Crippen LogP contribution in [0.3, 0.4) is 0 Å². The summed E-state index contributed by atoms with van der Waals surface area (Å²) in [7, 11) is 0. The molecule has 9 nitrogen and oxygen atoms in total. The molecule has 0 aromatic heterocycles. The molecule has 9 heteroatoms. The van der Waals surface area contributed by atoms with E-state index in [2.05, 4.69) is 10.6 Å². The lowest BCUT2D eigenvalue weighted by Gasteiger charge is -2.23. The summed E-state index contributed by atoms with van der Waals surface area (Å²) in [4.78, 5) is 64.0. The average Bonchev–Trinajstić information content (AvgIpc) is 3.09. The predicted octanol–water partition coefficient (Wildman–Crippen LogP) is 3.50. The first-order valence-electron chi connectivity index (χ1n) is 11.7. The highest BCUT2D eigenvalue weighted by Crippen LogP contribution is 2.31. The third kappa shape index (κ3) is 5.08. The van der Waals surface area contributed by atoms with E-state index in [1.807, 2.05) is 6.07 Å². The number of fused-ring (bicyclic) bond motifs is 1. The molecule has 1 aliphatic heterocycles. The van der Waals surface area contributed by atoms with Gasteiger partial charge in [-0.1, -0.05) is 37.5 Å². The van der Waals surface area contributed by atoms with E-state index < -0.39 is 35.8 Å². The maximum atomic E-state index is 13.0. The van der Waals surface area contributed by atoms with Crippen LogP contribution in [0.2, 0.25) is 0 Å². The zero-order chi connectivity index (χ0) is 25.1. The maximum Gasteiger partial charge on any atom is 0.338 e. The van der Waals surface area contributed by atoms with E-state index in [0.717, 1.165) is 42.6 Å². The molecule has 2 aliphatic rings.